The van der Waals surface area contributed by atoms with Gasteiger partial charge in [-0.15, -0.1) is 0 Å². The molecule has 37 heavy (non-hydrogen) atoms. The third-order valence-corrected chi connectivity index (χ3v) is 7.60. The van der Waals surface area contributed by atoms with Gasteiger partial charge in [0.25, 0.3) is 0 Å². The summed E-state index contributed by atoms with van der Waals surface area (Å²) in [4.78, 5) is 28.6. The van der Waals surface area contributed by atoms with E-state index in [1.165, 1.54) is 4.90 Å². The molecule has 0 spiro atoms. The maximum atomic E-state index is 13.9. The number of nitrogens with one attached hydrogen (secondary N) is 1. The van der Waals surface area contributed by atoms with E-state index in [-0.39, 0.29) is 18.9 Å². The first-order chi connectivity index (χ1) is 17.6. The van der Waals surface area contributed by atoms with Crippen LogP contribution in [0.1, 0.15) is 18.1 Å². The van der Waals surface area contributed by atoms with E-state index < -0.39 is 28.5 Å². The third kappa shape index (κ3) is 8.31. The van der Waals surface area contributed by atoms with E-state index in [0.29, 0.717) is 17.3 Å². The van der Waals surface area contributed by atoms with Crippen LogP contribution in [0.25, 0.3) is 0 Å². The van der Waals surface area contributed by atoms with Crippen molar-refractivity contribution in [2.75, 3.05) is 23.7 Å². The van der Waals surface area contributed by atoms with Gasteiger partial charge in [-0.2, -0.15) is 0 Å². The standard InChI is InChI=1S/C27H29BrClN3O4S/c1-3-30-27(34)25(17-20-7-5-4-6-8-20)31(18-21-9-13-23(29)14-10-21)26(33)19-32(37(2,35)36)24-15-11-22(28)12-16-24/h4-16,25H,3,17-19H2,1-2H3,(H,30,34)/t25-/m1/s1. The average Bonchev–Trinajstić information content (AvgIpc) is 2.86. The summed E-state index contributed by atoms with van der Waals surface area (Å²) >= 11 is 9.39. The number of amides is 2. The highest BCUT2D eigenvalue weighted by atomic mass is 79.9. The van der Waals surface area contributed by atoms with Gasteiger partial charge in [0.05, 0.1) is 11.9 Å². The van der Waals surface area contributed by atoms with Crippen molar-refractivity contribution >= 4 is 55.1 Å². The molecule has 2 amide bonds. The van der Waals surface area contributed by atoms with Gasteiger partial charge in [0, 0.05) is 29.0 Å². The lowest BCUT2D eigenvalue weighted by Gasteiger charge is -2.33. The Bertz CT molecular complexity index is 1300. The van der Waals surface area contributed by atoms with E-state index in [1.54, 1.807) is 48.5 Å². The number of hydrogen-bond acceptors (Lipinski definition) is 4. The molecule has 0 unspecified atom stereocenters. The smallest absolute Gasteiger partial charge is 0.244 e. The quantitative estimate of drug-likeness (QED) is 0.345. The molecule has 0 saturated carbocycles. The van der Waals surface area contributed by atoms with E-state index in [0.717, 1.165) is 26.2 Å². The number of benzene rings is 3. The Balaban J connectivity index is 2.02. The van der Waals surface area contributed by atoms with Crippen molar-refractivity contribution in [2.24, 2.45) is 0 Å². The first-order valence-corrected chi connectivity index (χ1v) is 14.7. The minimum absolute atomic E-state index is 0.0998. The summed E-state index contributed by atoms with van der Waals surface area (Å²) in [7, 11) is -3.80. The van der Waals surface area contributed by atoms with Crippen LogP contribution >= 0.6 is 27.5 Å². The van der Waals surface area contributed by atoms with Crippen LogP contribution in [0.5, 0.6) is 0 Å². The molecule has 0 radical (unpaired) electrons. The van der Waals surface area contributed by atoms with E-state index in [4.69, 9.17) is 11.6 Å². The first-order valence-electron chi connectivity index (χ1n) is 11.7. The van der Waals surface area contributed by atoms with Crippen LogP contribution in [-0.4, -0.2) is 50.5 Å². The maximum Gasteiger partial charge on any atom is 0.244 e. The van der Waals surface area contributed by atoms with Crippen molar-refractivity contribution in [3.63, 3.8) is 0 Å². The molecule has 0 fully saturated rings. The van der Waals surface area contributed by atoms with Crippen LogP contribution in [0.4, 0.5) is 5.69 Å². The lowest BCUT2D eigenvalue weighted by atomic mass is 10.0. The minimum atomic E-state index is -3.80. The Kier molecular flexibility index (Phi) is 10.1. The van der Waals surface area contributed by atoms with Crippen molar-refractivity contribution in [3.8, 4) is 0 Å². The highest BCUT2D eigenvalue weighted by Crippen LogP contribution is 2.22. The third-order valence-electron chi connectivity index (χ3n) is 5.68. The lowest BCUT2D eigenvalue weighted by Crippen LogP contribution is -2.53. The molecular formula is C27H29BrClN3O4S. The number of carbonyl (C=O) groups is 2. The average molecular weight is 607 g/mol. The largest absolute Gasteiger partial charge is 0.355 e. The van der Waals surface area contributed by atoms with Crippen LogP contribution in [0.2, 0.25) is 5.02 Å². The second kappa shape index (κ2) is 13.1. The van der Waals surface area contributed by atoms with Crippen LogP contribution < -0.4 is 9.62 Å². The van der Waals surface area contributed by atoms with Gasteiger partial charge >= 0.3 is 0 Å². The molecule has 3 aromatic carbocycles. The van der Waals surface area contributed by atoms with Gasteiger partial charge in [0.15, 0.2) is 0 Å². The van der Waals surface area contributed by atoms with Crippen LogP contribution in [0.3, 0.4) is 0 Å². The number of anilines is 1. The highest BCUT2D eigenvalue weighted by Gasteiger charge is 2.32. The van der Waals surface area contributed by atoms with Crippen molar-refractivity contribution in [3.05, 3.63) is 99.5 Å². The fraction of sp³-hybridized carbons (Fsp3) is 0.259. The van der Waals surface area contributed by atoms with Crippen molar-refractivity contribution < 1.29 is 18.0 Å². The SMILES string of the molecule is CCNC(=O)[C@@H](Cc1ccccc1)N(Cc1ccc(Cl)cc1)C(=O)CN(c1ccc(Br)cc1)S(C)(=O)=O. The number of rotatable bonds is 11. The van der Waals surface area contributed by atoms with Crippen LogP contribution in [0.15, 0.2) is 83.3 Å². The van der Waals surface area contributed by atoms with Gasteiger partial charge in [-0.25, -0.2) is 8.42 Å². The van der Waals surface area contributed by atoms with Gasteiger partial charge in [-0.05, 0) is 54.4 Å². The van der Waals surface area contributed by atoms with Crippen LogP contribution in [0, 0.1) is 0 Å². The molecule has 0 aliphatic heterocycles. The molecule has 10 heteroatoms. The summed E-state index contributed by atoms with van der Waals surface area (Å²) in [5.41, 5.74) is 1.98. The molecule has 3 rings (SSSR count). The maximum absolute atomic E-state index is 13.9. The summed E-state index contributed by atoms with van der Waals surface area (Å²) in [5, 5.41) is 3.37. The Labute approximate surface area is 231 Å². The number of carbonyl (C=O) groups excluding carboxylic acids is 2. The lowest BCUT2D eigenvalue weighted by molar-refractivity contribution is -0.140. The predicted octanol–water partition coefficient (Wildman–Crippen LogP) is 4.64. The van der Waals surface area contributed by atoms with Crippen LogP contribution in [-0.2, 0) is 32.6 Å². The molecule has 0 heterocycles. The summed E-state index contributed by atoms with van der Waals surface area (Å²) in [6.45, 7) is 1.84. The molecule has 0 aromatic heterocycles. The zero-order chi connectivity index (χ0) is 27.0. The Hall–Kier alpha value is -2.88. The van der Waals surface area contributed by atoms with E-state index in [1.807, 2.05) is 37.3 Å². The topological polar surface area (TPSA) is 86.8 Å². The molecule has 1 N–H and O–H groups in total. The van der Waals surface area contributed by atoms with Gasteiger partial charge in [-0.1, -0.05) is 70.0 Å². The van der Waals surface area contributed by atoms with Crippen molar-refractivity contribution in [1.29, 1.82) is 0 Å². The fourth-order valence-corrected chi connectivity index (χ4v) is 5.09. The molecule has 0 aliphatic carbocycles. The number of halogens is 2. The number of likely N-dealkylation sites (N-methyl/N-ethyl adjacent to an activating group) is 1. The molecule has 0 aliphatic rings. The minimum Gasteiger partial charge on any atom is -0.355 e. The van der Waals surface area contributed by atoms with E-state index in [2.05, 4.69) is 21.2 Å². The Morgan fingerprint density at radius 2 is 1.57 bits per heavy atom. The number of sulfonamides is 1. The molecular weight excluding hydrogens is 578 g/mol. The molecule has 196 valence electrons. The zero-order valence-corrected chi connectivity index (χ0v) is 23.8. The van der Waals surface area contributed by atoms with Gasteiger partial charge in [0.2, 0.25) is 21.8 Å². The number of nitrogens with zero attached hydrogens (tertiary/aromatic N) is 2. The van der Waals surface area contributed by atoms with Gasteiger partial charge in [0.1, 0.15) is 12.6 Å². The molecule has 1 atom stereocenters. The second-order valence-corrected chi connectivity index (χ2v) is 11.8. The molecule has 3 aromatic rings. The second-order valence-electron chi connectivity index (χ2n) is 8.49. The molecule has 0 bridgehead atoms. The molecule has 0 saturated heterocycles. The Morgan fingerprint density at radius 3 is 2.14 bits per heavy atom. The normalized spacial score (nSPS) is 12.0. The van der Waals surface area contributed by atoms with Crippen molar-refractivity contribution in [1.82, 2.24) is 10.2 Å². The summed E-state index contributed by atoms with van der Waals surface area (Å²) < 4.78 is 27.3. The monoisotopic (exact) mass is 605 g/mol. The zero-order valence-electron chi connectivity index (χ0n) is 20.6. The van der Waals surface area contributed by atoms with Crippen molar-refractivity contribution in [2.45, 2.75) is 25.9 Å². The highest BCUT2D eigenvalue weighted by molar-refractivity contribution is 9.10. The summed E-state index contributed by atoms with van der Waals surface area (Å²) in [5.74, 6) is -0.821. The van der Waals surface area contributed by atoms with Gasteiger partial charge < -0.3 is 10.2 Å². The first kappa shape index (κ1) is 28.7. The molecule has 7 nitrogen and oxygen atoms in total. The summed E-state index contributed by atoms with van der Waals surface area (Å²) in [6.07, 6.45) is 1.32. The summed E-state index contributed by atoms with van der Waals surface area (Å²) in [6, 6.07) is 22.2. The van der Waals surface area contributed by atoms with E-state index in [9.17, 15) is 18.0 Å². The number of hydrogen-bond donors (Lipinski definition) is 1. The fourth-order valence-electron chi connectivity index (χ4n) is 3.85. The van der Waals surface area contributed by atoms with Gasteiger partial charge in [-0.3, -0.25) is 13.9 Å². The predicted molar refractivity (Wildman–Crippen MR) is 151 cm³/mol. The van der Waals surface area contributed by atoms with E-state index >= 15 is 0 Å². The Morgan fingerprint density at radius 1 is 0.946 bits per heavy atom.